The average molecular weight is 493 g/mol. The SMILES string of the molecule is CC(=O)NC(Cc1cc(F)cc(F)c1)C(O)CNC1(c2cccc(C(C)C)c2)CCS(=O)CC1. The number of carbonyl (C=O) groups excluding carboxylic acids is 1. The van der Waals surface area contributed by atoms with Gasteiger partial charge in [0, 0.05) is 47.4 Å². The van der Waals surface area contributed by atoms with Crippen LogP contribution in [0.15, 0.2) is 42.5 Å². The number of halogens is 2. The van der Waals surface area contributed by atoms with Gasteiger partial charge in [-0.2, -0.15) is 0 Å². The van der Waals surface area contributed by atoms with E-state index in [1.165, 1.54) is 24.6 Å². The lowest BCUT2D eigenvalue weighted by Gasteiger charge is -2.40. The summed E-state index contributed by atoms with van der Waals surface area (Å²) in [5.74, 6) is -0.268. The summed E-state index contributed by atoms with van der Waals surface area (Å²) in [6, 6.07) is 10.8. The van der Waals surface area contributed by atoms with E-state index in [1.54, 1.807) is 0 Å². The standard InChI is InChI=1S/C26H34F2N2O3S/c1-17(2)20-5-4-6-21(14-20)26(7-9-34(33)10-8-26)29-16-25(32)24(30-18(3)31)13-19-11-22(27)15-23(28)12-19/h4-6,11-12,14-15,17,24-25,29,32H,7-10,13,16H2,1-3H3,(H,30,31). The van der Waals surface area contributed by atoms with E-state index in [-0.39, 0.29) is 18.9 Å². The van der Waals surface area contributed by atoms with Gasteiger partial charge in [0.1, 0.15) is 11.6 Å². The fourth-order valence-corrected chi connectivity index (χ4v) is 5.89. The molecule has 0 spiro atoms. The minimum absolute atomic E-state index is 0.0803. The molecule has 3 N–H and O–H groups in total. The number of carbonyl (C=O) groups is 1. The molecule has 1 heterocycles. The van der Waals surface area contributed by atoms with Crippen LogP contribution in [0.4, 0.5) is 8.78 Å². The Hall–Kier alpha value is -2.16. The van der Waals surface area contributed by atoms with E-state index >= 15 is 0 Å². The third-order valence-electron chi connectivity index (χ3n) is 6.50. The first-order valence-corrected chi connectivity index (χ1v) is 13.2. The molecule has 0 aromatic heterocycles. The van der Waals surface area contributed by atoms with Crippen LogP contribution >= 0.6 is 0 Å². The van der Waals surface area contributed by atoms with Gasteiger partial charge in [0.2, 0.25) is 5.91 Å². The summed E-state index contributed by atoms with van der Waals surface area (Å²) in [5, 5.41) is 17.3. The number of hydrogen-bond donors (Lipinski definition) is 3. The Balaban J connectivity index is 1.81. The molecule has 3 rings (SSSR count). The van der Waals surface area contributed by atoms with E-state index in [2.05, 4.69) is 42.7 Å². The molecule has 1 saturated heterocycles. The molecule has 186 valence electrons. The van der Waals surface area contributed by atoms with Crippen LogP contribution in [0.2, 0.25) is 0 Å². The maximum atomic E-state index is 13.7. The van der Waals surface area contributed by atoms with Crippen molar-refractivity contribution in [2.75, 3.05) is 18.1 Å². The van der Waals surface area contributed by atoms with Gasteiger partial charge >= 0.3 is 0 Å². The average Bonchev–Trinajstić information content (AvgIpc) is 2.77. The Labute approximate surface area is 202 Å². The highest BCUT2D eigenvalue weighted by Gasteiger charge is 2.37. The van der Waals surface area contributed by atoms with Crippen LogP contribution in [-0.4, -0.2) is 45.4 Å². The van der Waals surface area contributed by atoms with E-state index in [0.29, 0.717) is 35.8 Å². The maximum Gasteiger partial charge on any atom is 0.217 e. The summed E-state index contributed by atoms with van der Waals surface area (Å²) in [6.45, 7) is 5.76. The highest BCUT2D eigenvalue weighted by Crippen LogP contribution is 2.34. The van der Waals surface area contributed by atoms with E-state index in [9.17, 15) is 22.9 Å². The second-order valence-corrected chi connectivity index (χ2v) is 11.1. The molecule has 1 aliphatic heterocycles. The van der Waals surface area contributed by atoms with E-state index in [1.807, 2.05) is 6.07 Å². The molecule has 1 fully saturated rings. The Morgan fingerprint density at radius 1 is 1.12 bits per heavy atom. The van der Waals surface area contributed by atoms with E-state index in [4.69, 9.17) is 0 Å². The highest BCUT2D eigenvalue weighted by molar-refractivity contribution is 7.85. The molecule has 2 aromatic carbocycles. The van der Waals surface area contributed by atoms with Gasteiger partial charge in [0.15, 0.2) is 0 Å². The molecule has 1 aliphatic rings. The lowest BCUT2D eigenvalue weighted by Crippen LogP contribution is -2.54. The number of aliphatic hydroxyl groups is 1. The second kappa shape index (κ2) is 11.5. The molecule has 2 unspecified atom stereocenters. The van der Waals surface area contributed by atoms with Crippen molar-refractivity contribution in [2.45, 2.75) is 63.6 Å². The van der Waals surface area contributed by atoms with Crippen molar-refractivity contribution in [1.29, 1.82) is 0 Å². The predicted octanol–water partition coefficient (Wildman–Crippen LogP) is 3.52. The Morgan fingerprint density at radius 2 is 1.76 bits per heavy atom. The van der Waals surface area contributed by atoms with Gasteiger partial charge in [-0.1, -0.05) is 38.1 Å². The van der Waals surface area contributed by atoms with E-state index < -0.39 is 40.1 Å². The minimum Gasteiger partial charge on any atom is -0.390 e. The zero-order chi connectivity index (χ0) is 24.9. The lowest BCUT2D eigenvalue weighted by atomic mass is 9.82. The van der Waals surface area contributed by atoms with Crippen LogP contribution in [0.1, 0.15) is 56.2 Å². The smallest absolute Gasteiger partial charge is 0.217 e. The first-order chi connectivity index (χ1) is 16.1. The quantitative estimate of drug-likeness (QED) is 0.501. The molecule has 2 aromatic rings. The second-order valence-electron chi connectivity index (χ2n) is 9.45. The van der Waals surface area contributed by atoms with Crippen molar-refractivity contribution in [3.05, 3.63) is 70.8 Å². The molecule has 0 aliphatic carbocycles. The minimum atomic E-state index is -1.01. The molecule has 0 bridgehead atoms. The highest BCUT2D eigenvalue weighted by atomic mass is 32.2. The summed E-state index contributed by atoms with van der Waals surface area (Å²) in [6.07, 6.45) is 0.395. The molecule has 1 amide bonds. The molecule has 8 heteroatoms. The molecular weight excluding hydrogens is 458 g/mol. The van der Waals surface area contributed by atoms with Gasteiger partial charge in [-0.05, 0) is 54.0 Å². The van der Waals surface area contributed by atoms with Crippen LogP contribution < -0.4 is 10.6 Å². The van der Waals surface area contributed by atoms with E-state index in [0.717, 1.165) is 11.6 Å². The Bertz CT molecular complexity index is 1000. The van der Waals surface area contributed by atoms with Gasteiger partial charge in [0.25, 0.3) is 0 Å². The number of amides is 1. The normalized spacial score (nSPS) is 22.4. The lowest BCUT2D eigenvalue weighted by molar-refractivity contribution is -0.120. The number of hydrogen-bond acceptors (Lipinski definition) is 4. The van der Waals surface area contributed by atoms with Crippen molar-refractivity contribution < 1.29 is 22.9 Å². The summed E-state index contributed by atoms with van der Waals surface area (Å²) in [5.41, 5.74) is 2.19. The molecule has 2 atom stereocenters. The first kappa shape index (κ1) is 26.4. The number of aliphatic hydroxyl groups excluding tert-OH is 1. The molecule has 0 radical (unpaired) electrons. The van der Waals surface area contributed by atoms with Crippen LogP contribution in [0.3, 0.4) is 0 Å². The van der Waals surface area contributed by atoms with Gasteiger partial charge in [-0.3, -0.25) is 9.00 Å². The van der Waals surface area contributed by atoms with Crippen LogP contribution in [0.25, 0.3) is 0 Å². The summed E-state index contributed by atoms with van der Waals surface area (Å²) in [4.78, 5) is 11.8. The van der Waals surface area contributed by atoms with Gasteiger partial charge < -0.3 is 15.7 Å². The predicted molar refractivity (Wildman–Crippen MR) is 131 cm³/mol. The van der Waals surface area contributed by atoms with Gasteiger partial charge in [-0.15, -0.1) is 0 Å². The Kier molecular flexibility index (Phi) is 8.95. The zero-order valence-corrected chi connectivity index (χ0v) is 20.8. The monoisotopic (exact) mass is 492 g/mol. The van der Waals surface area contributed by atoms with Crippen molar-refractivity contribution in [3.8, 4) is 0 Å². The number of benzene rings is 2. The van der Waals surface area contributed by atoms with Crippen molar-refractivity contribution in [1.82, 2.24) is 10.6 Å². The summed E-state index contributed by atoms with van der Waals surface area (Å²) < 4.78 is 39.4. The van der Waals surface area contributed by atoms with Crippen molar-refractivity contribution >= 4 is 16.7 Å². The molecule has 5 nitrogen and oxygen atoms in total. The fraction of sp³-hybridized carbons (Fsp3) is 0.500. The van der Waals surface area contributed by atoms with Crippen molar-refractivity contribution in [3.63, 3.8) is 0 Å². The van der Waals surface area contributed by atoms with Gasteiger partial charge in [0.05, 0.1) is 12.1 Å². The van der Waals surface area contributed by atoms with Crippen LogP contribution in [-0.2, 0) is 27.6 Å². The Morgan fingerprint density at radius 3 is 2.35 bits per heavy atom. The largest absolute Gasteiger partial charge is 0.390 e. The maximum absolute atomic E-state index is 13.7. The summed E-state index contributed by atoms with van der Waals surface area (Å²) >= 11 is 0. The first-order valence-electron chi connectivity index (χ1n) is 11.7. The molecule has 0 saturated carbocycles. The molecule has 34 heavy (non-hydrogen) atoms. The van der Waals surface area contributed by atoms with Crippen LogP contribution in [0, 0.1) is 11.6 Å². The molecular formula is C26H34F2N2O3S. The third-order valence-corrected chi connectivity index (χ3v) is 7.82. The third kappa shape index (κ3) is 6.93. The fourth-order valence-electron chi connectivity index (χ4n) is 4.54. The zero-order valence-electron chi connectivity index (χ0n) is 19.9. The van der Waals surface area contributed by atoms with Crippen LogP contribution in [0.5, 0.6) is 0 Å². The summed E-state index contributed by atoms with van der Waals surface area (Å²) in [7, 11) is -0.867. The van der Waals surface area contributed by atoms with Crippen molar-refractivity contribution in [2.24, 2.45) is 0 Å². The number of rotatable bonds is 9. The van der Waals surface area contributed by atoms with Gasteiger partial charge in [-0.25, -0.2) is 8.78 Å². The topological polar surface area (TPSA) is 78.4 Å². The number of nitrogens with one attached hydrogen (secondary N) is 2.